The quantitative estimate of drug-likeness (QED) is 0.919. The predicted octanol–water partition coefficient (Wildman–Crippen LogP) is 3.06. The standard InChI is InChI=1S/C14H14BrFN2O/c15-11-2-1-10(14(16)7-11)9-19-13-4-3-12(5-6-17)18-8-13/h1-4,7-8H,5-6,9,17H2. The molecule has 0 amide bonds. The van der Waals surface area contributed by atoms with Crippen LogP contribution in [0.2, 0.25) is 0 Å². The Balaban J connectivity index is 1.98. The molecule has 2 aromatic rings. The third kappa shape index (κ3) is 4.01. The molecule has 0 saturated heterocycles. The highest BCUT2D eigenvalue weighted by molar-refractivity contribution is 9.10. The van der Waals surface area contributed by atoms with Gasteiger partial charge in [0, 0.05) is 22.2 Å². The minimum atomic E-state index is -0.290. The van der Waals surface area contributed by atoms with Gasteiger partial charge in [-0.2, -0.15) is 0 Å². The Kier molecular flexibility index (Phi) is 4.87. The average Bonchev–Trinajstić information content (AvgIpc) is 2.40. The molecule has 0 atom stereocenters. The van der Waals surface area contributed by atoms with Crippen molar-refractivity contribution in [1.82, 2.24) is 4.98 Å². The van der Waals surface area contributed by atoms with Crippen molar-refractivity contribution >= 4 is 15.9 Å². The van der Waals surface area contributed by atoms with Crippen LogP contribution in [0.1, 0.15) is 11.3 Å². The van der Waals surface area contributed by atoms with Crippen molar-refractivity contribution in [2.75, 3.05) is 6.54 Å². The second-order valence-electron chi connectivity index (χ2n) is 4.05. The summed E-state index contributed by atoms with van der Waals surface area (Å²) >= 11 is 3.21. The number of aromatic nitrogens is 1. The van der Waals surface area contributed by atoms with Crippen LogP contribution in [-0.4, -0.2) is 11.5 Å². The molecule has 0 spiro atoms. The first-order chi connectivity index (χ1) is 9.19. The molecule has 19 heavy (non-hydrogen) atoms. The maximum absolute atomic E-state index is 13.6. The Morgan fingerprint density at radius 2 is 2.11 bits per heavy atom. The fourth-order valence-corrected chi connectivity index (χ4v) is 1.93. The first-order valence-corrected chi connectivity index (χ1v) is 6.70. The summed E-state index contributed by atoms with van der Waals surface area (Å²) < 4.78 is 19.8. The summed E-state index contributed by atoms with van der Waals surface area (Å²) in [7, 11) is 0. The van der Waals surface area contributed by atoms with Gasteiger partial charge >= 0.3 is 0 Å². The SMILES string of the molecule is NCCc1ccc(OCc2ccc(Br)cc2F)cn1. The van der Waals surface area contributed by atoms with Crippen molar-refractivity contribution in [1.29, 1.82) is 0 Å². The van der Waals surface area contributed by atoms with E-state index in [0.29, 0.717) is 22.3 Å². The molecule has 2 N–H and O–H groups in total. The number of rotatable bonds is 5. The normalized spacial score (nSPS) is 10.5. The van der Waals surface area contributed by atoms with Crippen LogP contribution in [-0.2, 0) is 13.0 Å². The monoisotopic (exact) mass is 324 g/mol. The number of benzene rings is 1. The van der Waals surface area contributed by atoms with E-state index in [4.69, 9.17) is 10.5 Å². The molecule has 2 rings (SSSR count). The Bertz CT molecular complexity index is 546. The van der Waals surface area contributed by atoms with Crippen molar-refractivity contribution in [2.45, 2.75) is 13.0 Å². The number of hydrogen-bond acceptors (Lipinski definition) is 3. The minimum Gasteiger partial charge on any atom is -0.487 e. The van der Waals surface area contributed by atoms with Crippen molar-refractivity contribution in [3.05, 3.63) is 58.1 Å². The van der Waals surface area contributed by atoms with Gasteiger partial charge < -0.3 is 10.5 Å². The highest BCUT2D eigenvalue weighted by Gasteiger charge is 2.04. The van der Waals surface area contributed by atoms with E-state index in [1.54, 1.807) is 18.3 Å². The summed E-state index contributed by atoms with van der Waals surface area (Å²) in [4.78, 5) is 4.21. The van der Waals surface area contributed by atoms with Crippen LogP contribution >= 0.6 is 15.9 Å². The number of nitrogens with zero attached hydrogens (tertiary/aromatic N) is 1. The Morgan fingerprint density at radius 1 is 1.26 bits per heavy atom. The summed E-state index contributed by atoms with van der Waals surface area (Å²) in [5.41, 5.74) is 6.87. The van der Waals surface area contributed by atoms with Crippen LogP contribution in [0.3, 0.4) is 0 Å². The average molecular weight is 325 g/mol. The summed E-state index contributed by atoms with van der Waals surface area (Å²) in [6, 6.07) is 8.57. The topological polar surface area (TPSA) is 48.1 Å². The zero-order chi connectivity index (χ0) is 13.7. The van der Waals surface area contributed by atoms with E-state index in [0.717, 1.165) is 12.1 Å². The van der Waals surface area contributed by atoms with E-state index in [9.17, 15) is 4.39 Å². The lowest BCUT2D eigenvalue weighted by Crippen LogP contribution is -2.04. The summed E-state index contributed by atoms with van der Waals surface area (Å²) in [5.74, 6) is 0.324. The first-order valence-electron chi connectivity index (χ1n) is 5.91. The second-order valence-corrected chi connectivity index (χ2v) is 4.96. The number of ether oxygens (including phenoxy) is 1. The molecule has 5 heteroatoms. The second kappa shape index (κ2) is 6.63. The lowest BCUT2D eigenvalue weighted by molar-refractivity contribution is 0.298. The van der Waals surface area contributed by atoms with E-state index >= 15 is 0 Å². The molecule has 0 unspecified atom stereocenters. The Hall–Kier alpha value is -1.46. The van der Waals surface area contributed by atoms with E-state index in [1.165, 1.54) is 6.07 Å². The molecule has 1 aromatic carbocycles. The van der Waals surface area contributed by atoms with E-state index in [-0.39, 0.29) is 12.4 Å². The van der Waals surface area contributed by atoms with Gasteiger partial charge in [-0.1, -0.05) is 22.0 Å². The number of pyridine rings is 1. The molecular weight excluding hydrogens is 311 g/mol. The van der Waals surface area contributed by atoms with Crippen molar-refractivity contribution in [2.24, 2.45) is 5.73 Å². The molecule has 100 valence electrons. The third-order valence-corrected chi connectivity index (χ3v) is 3.10. The van der Waals surface area contributed by atoms with Crippen LogP contribution in [0.15, 0.2) is 41.0 Å². The maximum Gasteiger partial charge on any atom is 0.138 e. The fourth-order valence-electron chi connectivity index (χ4n) is 1.59. The van der Waals surface area contributed by atoms with Gasteiger partial charge in [-0.3, -0.25) is 4.98 Å². The molecule has 0 aliphatic heterocycles. The van der Waals surface area contributed by atoms with Gasteiger partial charge in [-0.15, -0.1) is 0 Å². The Morgan fingerprint density at radius 3 is 2.74 bits per heavy atom. The summed E-state index contributed by atoms with van der Waals surface area (Å²) in [5, 5.41) is 0. The van der Waals surface area contributed by atoms with Crippen molar-refractivity contribution in [3.63, 3.8) is 0 Å². The van der Waals surface area contributed by atoms with Gasteiger partial charge in [0.05, 0.1) is 6.20 Å². The van der Waals surface area contributed by atoms with Crippen LogP contribution in [0.25, 0.3) is 0 Å². The lowest BCUT2D eigenvalue weighted by Gasteiger charge is -2.07. The Labute approximate surface area is 119 Å². The molecule has 1 heterocycles. The number of nitrogens with two attached hydrogens (primary N) is 1. The van der Waals surface area contributed by atoms with E-state index in [2.05, 4.69) is 20.9 Å². The van der Waals surface area contributed by atoms with Gasteiger partial charge in [0.15, 0.2) is 0 Å². The molecule has 0 saturated carbocycles. The van der Waals surface area contributed by atoms with E-state index < -0.39 is 0 Å². The zero-order valence-corrected chi connectivity index (χ0v) is 11.9. The molecule has 3 nitrogen and oxygen atoms in total. The minimum absolute atomic E-state index is 0.178. The van der Waals surface area contributed by atoms with Crippen LogP contribution in [0, 0.1) is 5.82 Å². The number of hydrogen-bond donors (Lipinski definition) is 1. The molecule has 0 radical (unpaired) electrons. The van der Waals surface area contributed by atoms with Crippen LogP contribution < -0.4 is 10.5 Å². The van der Waals surface area contributed by atoms with Crippen LogP contribution in [0.5, 0.6) is 5.75 Å². The van der Waals surface area contributed by atoms with E-state index in [1.807, 2.05) is 12.1 Å². The highest BCUT2D eigenvalue weighted by atomic mass is 79.9. The summed E-state index contributed by atoms with van der Waals surface area (Å²) in [6.07, 6.45) is 2.36. The van der Waals surface area contributed by atoms with Gasteiger partial charge in [-0.25, -0.2) is 4.39 Å². The maximum atomic E-state index is 13.6. The van der Waals surface area contributed by atoms with Gasteiger partial charge in [0.1, 0.15) is 18.2 Å². The fraction of sp³-hybridized carbons (Fsp3) is 0.214. The van der Waals surface area contributed by atoms with Gasteiger partial charge in [-0.05, 0) is 30.8 Å². The van der Waals surface area contributed by atoms with Crippen LogP contribution in [0.4, 0.5) is 4.39 Å². The molecule has 0 aliphatic carbocycles. The molecular formula is C14H14BrFN2O. The highest BCUT2D eigenvalue weighted by Crippen LogP contribution is 2.17. The molecule has 0 fully saturated rings. The predicted molar refractivity (Wildman–Crippen MR) is 75.4 cm³/mol. The van der Waals surface area contributed by atoms with Crippen molar-refractivity contribution in [3.8, 4) is 5.75 Å². The lowest BCUT2D eigenvalue weighted by atomic mass is 10.2. The van der Waals surface area contributed by atoms with Gasteiger partial charge in [0.25, 0.3) is 0 Å². The largest absolute Gasteiger partial charge is 0.487 e. The third-order valence-electron chi connectivity index (χ3n) is 2.61. The zero-order valence-electron chi connectivity index (χ0n) is 10.3. The van der Waals surface area contributed by atoms with Crippen molar-refractivity contribution < 1.29 is 9.13 Å². The number of halogens is 2. The summed E-state index contributed by atoms with van der Waals surface area (Å²) in [6.45, 7) is 0.744. The molecule has 0 bridgehead atoms. The molecule has 0 aliphatic rings. The molecule has 1 aromatic heterocycles. The van der Waals surface area contributed by atoms with Gasteiger partial charge in [0.2, 0.25) is 0 Å². The first kappa shape index (κ1) is 14.0. The smallest absolute Gasteiger partial charge is 0.138 e.